The first-order chi connectivity index (χ1) is 11.7. The molecule has 1 aliphatic rings. The molecule has 0 radical (unpaired) electrons. The van der Waals surface area contributed by atoms with E-state index in [9.17, 15) is 9.59 Å². The van der Waals surface area contributed by atoms with E-state index >= 15 is 0 Å². The second kappa shape index (κ2) is 10.1. The molecule has 0 aliphatic heterocycles. The van der Waals surface area contributed by atoms with Gasteiger partial charge < -0.3 is 20.1 Å². The molecule has 2 N–H and O–H groups in total. The van der Waals surface area contributed by atoms with E-state index in [4.69, 9.17) is 9.47 Å². The normalized spacial score (nSPS) is 12.9. The highest BCUT2D eigenvalue weighted by Gasteiger charge is 2.05. The van der Waals surface area contributed by atoms with Gasteiger partial charge in [-0.15, -0.1) is 0 Å². The summed E-state index contributed by atoms with van der Waals surface area (Å²) in [5.74, 6) is 0. The average Bonchev–Trinajstić information content (AvgIpc) is 2.63. The van der Waals surface area contributed by atoms with Crippen LogP contribution in [-0.2, 0) is 16.1 Å². The fourth-order valence-corrected chi connectivity index (χ4v) is 2.08. The Labute approximate surface area is 144 Å². The summed E-state index contributed by atoms with van der Waals surface area (Å²) in [6, 6.07) is 9.41. The van der Waals surface area contributed by atoms with Crippen LogP contribution in [0.1, 0.15) is 21.3 Å². The van der Waals surface area contributed by atoms with E-state index in [0.717, 1.165) is 24.0 Å². The van der Waals surface area contributed by atoms with Gasteiger partial charge >= 0.3 is 12.2 Å². The predicted molar refractivity (Wildman–Crippen MR) is 94.7 cm³/mol. The summed E-state index contributed by atoms with van der Waals surface area (Å²) >= 11 is 0. The summed E-state index contributed by atoms with van der Waals surface area (Å²) in [6.45, 7) is 1.01. The smallest absolute Gasteiger partial charge is 0.407 e. The molecule has 0 saturated heterocycles. The van der Waals surface area contributed by atoms with Crippen LogP contribution in [0.3, 0.4) is 0 Å². The Morgan fingerprint density at radius 2 is 1.62 bits per heavy atom. The van der Waals surface area contributed by atoms with Gasteiger partial charge in [0.05, 0.1) is 0 Å². The minimum absolute atomic E-state index is 0. The van der Waals surface area contributed by atoms with E-state index < -0.39 is 12.2 Å². The summed E-state index contributed by atoms with van der Waals surface area (Å²) in [6.07, 6.45) is 7.05. The van der Waals surface area contributed by atoms with Crippen LogP contribution in [-0.4, -0.2) is 31.9 Å². The van der Waals surface area contributed by atoms with Crippen LogP contribution in [0.4, 0.5) is 9.59 Å². The molecule has 0 spiro atoms. The Bertz CT molecular complexity index is 606. The van der Waals surface area contributed by atoms with Gasteiger partial charge in [-0.05, 0) is 24.0 Å². The molecule has 1 aliphatic carbocycles. The number of amides is 2. The predicted octanol–water partition coefficient (Wildman–Crippen LogP) is 3.41. The second-order valence-electron chi connectivity index (χ2n) is 5.25. The lowest BCUT2D eigenvalue weighted by molar-refractivity contribution is 0.138. The zero-order valence-corrected chi connectivity index (χ0v) is 13.5. The van der Waals surface area contributed by atoms with Gasteiger partial charge in [-0.2, -0.15) is 0 Å². The van der Waals surface area contributed by atoms with E-state index in [1.165, 1.54) is 0 Å². The van der Waals surface area contributed by atoms with Crippen molar-refractivity contribution in [2.75, 3.05) is 19.7 Å². The summed E-state index contributed by atoms with van der Waals surface area (Å²) in [7, 11) is 0. The minimum Gasteiger partial charge on any atom is -0.445 e. The molecule has 24 heavy (non-hydrogen) atoms. The molecule has 2 amide bonds. The number of allylic oxidation sites excluding steroid dienone is 2. The van der Waals surface area contributed by atoms with Crippen molar-refractivity contribution in [3.63, 3.8) is 0 Å². The molecule has 132 valence electrons. The molecule has 2 rings (SSSR count). The molecule has 1 aromatic rings. The molecule has 0 saturated carbocycles. The van der Waals surface area contributed by atoms with Crippen LogP contribution in [0.5, 0.6) is 0 Å². The number of nitrogens with one attached hydrogen (secondary N) is 2. The number of hydrogen-bond donors (Lipinski definition) is 2. The summed E-state index contributed by atoms with van der Waals surface area (Å²) in [4.78, 5) is 23.0. The van der Waals surface area contributed by atoms with Crippen LogP contribution in [0.25, 0.3) is 0 Å². The largest absolute Gasteiger partial charge is 0.445 e. The molecule has 0 unspecified atom stereocenters. The molecule has 0 bridgehead atoms. The number of benzene rings is 1. The Morgan fingerprint density at radius 1 is 0.958 bits per heavy atom. The molecule has 1 aromatic carbocycles. The molecule has 0 aromatic heterocycles. The first kappa shape index (κ1) is 17.6. The van der Waals surface area contributed by atoms with Crippen LogP contribution >= 0.6 is 0 Å². The third kappa shape index (κ3) is 7.00. The Balaban J connectivity index is 0.00000312. The van der Waals surface area contributed by atoms with Gasteiger partial charge in [0.15, 0.2) is 0 Å². The maximum absolute atomic E-state index is 11.5. The summed E-state index contributed by atoms with van der Waals surface area (Å²) in [5, 5.41) is 5.13. The zero-order valence-electron chi connectivity index (χ0n) is 13.5. The van der Waals surface area contributed by atoms with E-state index in [1.807, 2.05) is 36.4 Å². The van der Waals surface area contributed by atoms with Crippen LogP contribution in [0.15, 0.2) is 54.1 Å². The lowest BCUT2D eigenvalue weighted by Crippen LogP contribution is -2.35. The van der Waals surface area contributed by atoms with Crippen molar-refractivity contribution >= 4 is 12.2 Å². The molecular weight excluding hydrogens is 308 g/mol. The number of hydrogen-bond acceptors (Lipinski definition) is 4. The highest BCUT2D eigenvalue weighted by atomic mass is 16.6. The zero-order chi connectivity index (χ0) is 17.0. The highest BCUT2D eigenvalue weighted by molar-refractivity contribution is 5.68. The van der Waals surface area contributed by atoms with Crippen LogP contribution < -0.4 is 10.6 Å². The van der Waals surface area contributed by atoms with Gasteiger partial charge in [0, 0.05) is 15.9 Å². The number of carbonyl (C=O) groups excluding carboxylic acids is 2. The van der Waals surface area contributed by atoms with Crippen molar-refractivity contribution in [2.24, 2.45) is 0 Å². The standard InChI is InChI=1S/C18H22N2O4.2H2/c21-17(23-13-15-7-3-1-4-8-15)19-11-12-20-18(22)24-14-16-9-5-2-6-10-16;;/h1,3-5,7-10H,2,6,11-14H2,(H,19,21)(H,20,22);2*1H. The Morgan fingerprint density at radius 3 is 2.25 bits per heavy atom. The van der Waals surface area contributed by atoms with E-state index in [1.54, 1.807) is 0 Å². The highest BCUT2D eigenvalue weighted by Crippen LogP contribution is 2.09. The van der Waals surface area contributed by atoms with E-state index in [-0.39, 0.29) is 29.2 Å². The fraction of sp³-hybridized carbons (Fsp3) is 0.333. The summed E-state index contributed by atoms with van der Waals surface area (Å²) in [5.41, 5.74) is 1.92. The Hall–Kier alpha value is -2.76. The second-order valence-corrected chi connectivity index (χ2v) is 5.25. The van der Waals surface area contributed by atoms with E-state index in [2.05, 4.69) is 22.8 Å². The third-order valence-electron chi connectivity index (χ3n) is 3.32. The van der Waals surface area contributed by atoms with Crippen LogP contribution in [0.2, 0.25) is 0 Å². The first-order valence-electron chi connectivity index (χ1n) is 7.95. The average molecular weight is 334 g/mol. The summed E-state index contributed by atoms with van der Waals surface area (Å²) < 4.78 is 10.1. The van der Waals surface area contributed by atoms with Crippen molar-refractivity contribution in [3.05, 3.63) is 59.7 Å². The maximum atomic E-state index is 11.5. The number of alkyl carbamates (subject to hydrolysis) is 2. The van der Waals surface area contributed by atoms with Crippen molar-refractivity contribution in [1.82, 2.24) is 10.6 Å². The van der Waals surface area contributed by atoms with Crippen molar-refractivity contribution in [3.8, 4) is 0 Å². The lowest BCUT2D eigenvalue weighted by Gasteiger charge is -2.10. The number of rotatable bonds is 7. The van der Waals surface area contributed by atoms with E-state index in [0.29, 0.717) is 0 Å². The monoisotopic (exact) mass is 334 g/mol. The van der Waals surface area contributed by atoms with Crippen molar-refractivity contribution in [1.29, 1.82) is 0 Å². The van der Waals surface area contributed by atoms with Crippen molar-refractivity contribution in [2.45, 2.75) is 19.4 Å². The first-order valence-corrected chi connectivity index (χ1v) is 7.95. The lowest BCUT2D eigenvalue weighted by atomic mass is 10.1. The molecular formula is C18H26N2O4. The van der Waals surface area contributed by atoms with Crippen molar-refractivity contribution < 1.29 is 21.9 Å². The molecule has 0 fully saturated rings. The minimum atomic E-state index is -0.522. The van der Waals surface area contributed by atoms with Crippen LogP contribution in [0, 0.1) is 0 Å². The quantitative estimate of drug-likeness (QED) is 0.749. The maximum Gasteiger partial charge on any atom is 0.407 e. The van der Waals surface area contributed by atoms with Gasteiger partial charge in [0.2, 0.25) is 0 Å². The van der Waals surface area contributed by atoms with Gasteiger partial charge in [-0.1, -0.05) is 48.6 Å². The third-order valence-corrected chi connectivity index (χ3v) is 3.32. The number of carbonyl (C=O) groups is 2. The Kier molecular flexibility index (Phi) is 7.40. The molecule has 6 nitrogen and oxygen atoms in total. The topological polar surface area (TPSA) is 76.7 Å². The van der Waals surface area contributed by atoms with Gasteiger partial charge in [0.25, 0.3) is 0 Å². The molecule has 0 heterocycles. The van der Waals surface area contributed by atoms with Gasteiger partial charge in [-0.25, -0.2) is 9.59 Å². The molecule has 0 atom stereocenters. The van der Waals surface area contributed by atoms with Gasteiger partial charge in [0.1, 0.15) is 13.2 Å². The fourth-order valence-electron chi connectivity index (χ4n) is 2.08. The number of ether oxygens (including phenoxy) is 2. The molecule has 6 heteroatoms. The van der Waals surface area contributed by atoms with Gasteiger partial charge in [-0.3, -0.25) is 0 Å². The SMILES string of the molecule is O=C(NCCNC(=O)OCc1ccccc1)OCC1=CCCC=C1.[HH].[HH].